The van der Waals surface area contributed by atoms with Crippen molar-refractivity contribution in [1.82, 2.24) is 0 Å². The molecule has 1 aliphatic heterocycles. The Hall–Kier alpha value is -2.06. The van der Waals surface area contributed by atoms with E-state index in [1.165, 1.54) is 0 Å². The molecular formula is C15H10ClNO. The summed E-state index contributed by atoms with van der Waals surface area (Å²) in [6.07, 6.45) is 1.85. The minimum Gasteiger partial charge on any atom is -0.321 e. The van der Waals surface area contributed by atoms with Crippen LogP contribution in [0.25, 0.3) is 11.6 Å². The van der Waals surface area contributed by atoms with Gasteiger partial charge in [0.2, 0.25) is 0 Å². The highest BCUT2D eigenvalue weighted by atomic mass is 35.5. The number of rotatable bonds is 1. The van der Waals surface area contributed by atoms with Gasteiger partial charge in [-0.05, 0) is 29.8 Å². The number of nitrogens with one attached hydrogen (secondary N) is 1. The van der Waals surface area contributed by atoms with E-state index in [0.29, 0.717) is 10.6 Å². The molecule has 3 heteroatoms. The largest absolute Gasteiger partial charge is 0.321 e. The second kappa shape index (κ2) is 4.31. The van der Waals surface area contributed by atoms with Gasteiger partial charge in [0.1, 0.15) is 0 Å². The van der Waals surface area contributed by atoms with E-state index in [9.17, 15) is 4.79 Å². The van der Waals surface area contributed by atoms with Gasteiger partial charge in [0, 0.05) is 21.8 Å². The number of benzene rings is 2. The first kappa shape index (κ1) is 11.1. The van der Waals surface area contributed by atoms with Gasteiger partial charge in [-0.25, -0.2) is 0 Å². The number of amides is 1. The maximum atomic E-state index is 11.9. The number of para-hydroxylation sites is 1. The average molecular weight is 256 g/mol. The van der Waals surface area contributed by atoms with E-state index in [1.54, 1.807) is 0 Å². The predicted octanol–water partition coefficient (Wildman–Crippen LogP) is 3.83. The average Bonchev–Trinajstić information content (AvgIpc) is 2.66. The summed E-state index contributed by atoms with van der Waals surface area (Å²) in [6.45, 7) is 0. The van der Waals surface area contributed by atoms with Crippen molar-refractivity contribution in [2.24, 2.45) is 0 Å². The van der Waals surface area contributed by atoms with Crippen LogP contribution < -0.4 is 5.32 Å². The molecule has 1 amide bonds. The zero-order valence-corrected chi connectivity index (χ0v) is 10.2. The van der Waals surface area contributed by atoms with Crippen molar-refractivity contribution in [3.05, 3.63) is 64.7 Å². The zero-order valence-electron chi connectivity index (χ0n) is 9.48. The first-order valence-electron chi connectivity index (χ1n) is 5.62. The van der Waals surface area contributed by atoms with Crippen molar-refractivity contribution in [3.8, 4) is 0 Å². The Morgan fingerprint density at radius 3 is 2.72 bits per heavy atom. The van der Waals surface area contributed by atoms with Crippen LogP contribution in [0.2, 0.25) is 5.02 Å². The van der Waals surface area contributed by atoms with E-state index in [0.717, 1.165) is 16.8 Å². The molecule has 1 N–H and O–H groups in total. The Labute approximate surface area is 110 Å². The molecule has 2 nitrogen and oxygen atoms in total. The maximum absolute atomic E-state index is 11.9. The van der Waals surface area contributed by atoms with Crippen LogP contribution >= 0.6 is 11.6 Å². The molecule has 0 spiro atoms. The highest BCUT2D eigenvalue weighted by molar-refractivity contribution is 6.35. The molecule has 0 unspecified atom stereocenters. The minimum atomic E-state index is -0.0730. The molecule has 0 aromatic heterocycles. The number of fused-ring (bicyclic) bond motifs is 1. The molecule has 0 saturated carbocycles. The van der Waals surface area contributed by atoms with Gasteiger partial charge in [0.15, 0.2) is 0 Å². The van der Waals surface area contributed by atoms with Gasteiger partial charge in [-0.2, -0.15) is 0 Å². The molecule has 1 heterocycles. The molecule has 0 bridgehead atoms. The van der Waals surface area contributed by atoms with Gasteiger partial charge in [-0.3, -0.25) is 4.79 Å². The molecule has 2 aromatic rings. The molecule has 0 radical (unpaired) electrons. The van der Waals surface area contributed by atoms with E-state index in [4.69, 9.17) is 11.6 Å². The lowest BCUT2D eigenvalue weighted by Crippen LogP contribution is -2.03. The summed E-state index contributed by atoms with van der Waals surface area (Å²) in [5, 5.41) is 3.51. The molecule has 0 fully saturated rings. The van der Waals surface area contributed by atoms with E-state index in [1.807, 2.05) is 54.6 Å². The minimum absolute atomic E-state index is 0.0730. The summed E-state index contributed by atoms with van der Waals surface area (Å²) in [6, 6.07) is 15.1. The van der Waals surface area contributed by atoms with Gasteiger partial charge < -0.3 is 5.32 Å². The highest BCUT2D eigenvalue weighted by Gasteiger charge is 2.23. The molecule has 0 saturated heterocycles. The fourth-order valence-corrected chi connectivity index (χ4v) is 2.24. The molecule has 1 aliphatic rings. The number of halogens is 1. The lowest BCUT2D eigenvalue weighted by Gasteiger charge is -1.98. The SMILES string of the molecule is O=C1Nc2ccccc2C1=Cc1cccc(Cl)c1. The molecule has 3 rings (SSSR count). The van der Waals surface area contributed by atoms with Crippen molar-refractivity contribution in [3.63, 3.8) is 0 Å². The number of carbonyl (C=O) groups is 1. The van der Waals surface area contributed by atoms with Crippen LogP contribution in [-0.2, 0) is 4.79 Å². The summed E-state index contributed by atoms with van der Waals surface area (Å²) in [5.74, 6) is -0.0730. The van der Waals surface area contributed by atoms with Gasteiger partial charge in [0.25, 0.3) is 5.91 Å². The quantitative estimate of drug-likeness (QED) is 0.771. The topological polar surface area (TPSA) is 29.1 Å². The van der Waals surface area contributed by atoms with Crippen LogP contribution in [0.5, 0.6) is 0 Å². The molecule has 88 valence electrons. The fourth-order valence-electron chi connectivity index (χ4n) is 2.05. The van der Waals surface area contributed by atoms with Gasteiger partial charge in [0.05, 0.1) is 0 Å². The van der Waals surface area contributed by atoms with Gasteiger partial charge >= 0.3 is 0 Å². The van der Waals surface area contributed by atoms with E-state index >= 15 is 0 Å². The molecule has 2 aromatic carbocycles. The summed E-state index contributed by atoms with van der Waals surface area (Å²) < 4.78 is 0. The highest BCUT2D eigenvalue weighted by Crippen LogP contribution is 2.32. The normalized spacial score (nSPS) is 15.6. The van der Waals surface area contributed by atoms with Crippen molar-refractivity contribution in [2.45, 2.75) is 0 Å². The predicted molar refractivity (Wildman–Crippen MR) is 74.4 cm³/mol. The van der Waals surface area contributed by atoms with Crippen LogP contribution in [0, 0.1) is 0 Å². The number of hydrogen-bond donors (Lipinski definition) is 1. The lowest BCUT2D eigenvalue weighted by atomic mass is 10.0. The Bertz CT molecular complexity index is 661. The summed E-state index contributed by atoms with van der Waals surface area (Å²) in [5.41, 5.74) is 3.38. The van der Waals surface area contributed by atoms with Crippen molar-refractivity contribution < 1.29 is 4.79 Å². The smallest absolute Gasteiger partial charge is 0.256 e. The third-order valence-electron chi connectivity index (χ3n) is 2.87. The van der Waals surface area contributed by atoms with E-state index in [2.05, 4.69) is 5.32 Å². The molecule has 0 aliphatic carbocycles. The third-order valence-corrected chi connectivity index (χ3v) is 3.10. The van der Waals surface area contributed by atoms with Crippen LogP contribution in [0.15, 0.2) is 48.5 Å². The van der Waals surface area contributed by atoms with Crippen LogP contribution in [0.4, 0.5) is 5.69 Å². The lowest BCUT2D eigenvalue weighted by molar-refractivity contribution is -0.110. The summed E-state index contributed by atoms with van der Waals surface area (Å²) in [4.78, 5) is 11.9. The Morgan fingerprint density at radius 2 is 1.89 bits per heavy atom. The maximum Gasteiger partial charge on any atom is 0.256 e. The van der Waals surface area contributed by atoms with Crippen molar-refractivity contribution >= 4 is 34.8 Å². The Kier molecular flexibility index (Phi) is 2.65. The van der Waals surface area contributed by atoms with Crippen LogP contribution in [0.1, 0.15) is 11.1 Å². The number of carbonyl (C=O) groups excluding carboxylic acids is 1. The first-order valence-corrected chi connectivity index (χ1v) is 6.00. The second-order valence-corrected chi connectivity index (χ2v) is 4.55. The number of hydrogen-bond acceptors (Lipinski definition) is 1. The van der Waals surface area contributed by atoms with Gasteiger partial charge in [-0.15, -0.1) is 0 Å². The van der Waals surface area contributed by atoms with E-state index in [-0.39, 0.29) is 5.91 Å². The Morgan fingerprint density at radius 1 is 1.06 bits per heavy atom. The molecular weight excluding hydrogens is 246 g/mol. The van der Waals surface area contributed by atoms with Gasteiger partial charge in [-0.1, -0.05) is 41.9 Å². The standard InChI is InChI=1S/C15H10ClNO/c16-11-5-3-4-10(8-11)9-13-12-6-1-2-7-14(12)17-15(13)18/h1-9H,(H,17,18). The first-order chi connectivity index (χ1) is 8.74. The fraction of sp³-hybridized carbons (Fsp3) is 0. The molecule has 0 atom stereocenters. The summed E-state index contributed by atoms with van der Waals surface area (Å²) >= 11 is 5.94. The molecule has 18 heavy (non-hydrogen) atoms. The summed E-state index contributed by atoms with van der Waals surface area (Å²) in [7, 11) is 0. The Balaban J connectivity index is 2.10. The van der Waals surface area contributed by atoms with Crippen LogP contribution in [-0.4, -0.2) is 5.91 Å². The third kappa shape index (κ3) is 1.91. The number of anilines is 1. The van der Waals surface area contributed by atoms with Crippen molar-refractivity contribution in [1.29, 1.82) is 0 Å². The second-order valence-electron chi connectivity index (χ2n) is 4.11. The monoisotopic (exact) mass is 255 g/mol. The van der Waals surface area contributed by atoms with Crippen molar-refractivity contribution in [2.75, 3.05) is 5.32 Å². The van der Waals surface area contributed by atoms with Crippen LogP contribution in [0.3, 0.4) is 0 Å². The zero-order chi connectivity index (χ0) is 12.5. The van der Waals surface area contributed by atoms with E-state index < -0.39 is 0 Å².